The number of piperazine rings is 1. The Hall–Kier alpha value is -3.79. The fourth-order valence-electron chi connectivity index (χ4n) is 3.61. The molecule has 5 rings (SSSR count). The van der Waals surface area contributed by atoms with Crippen molar-refractivity contribution in [1.82, 2.24) is 35.2 Å². The van der Waals surface area contributed by atoms with Crippen LogP contribution in [0.4, 0.5) is 17.6 Å². The van der Waals surface area contributed by atoms with Crippen LogP contribution in [0, 0.1) is 0 Å². The van der Waals surface area contributed by atoms with Crippen molar-refractivity contribution in [2.45, 2.75) is 6.54 Å². The highest BCUT2D eigenvalue weighted by Crippen LogP contribution is 2.32. The fourth-order valence-corrected chi connectivity index (χ4v) is 3.61. The topological polar surface area (TPSA) is 134 Å². The molecule has 4 aromatic heterocycles. The second-order valence-electron chi connectivity index (χ2n) is 7.06. The van der Waals surface area contributed by atoms with Gasteiger partial charge in [-0.1, -0.05) is 0 Å². The van der Waals surface area contributed by atoms with E-state index in [0.717, 1.165) is 65.8 Å². The van der Waals surface area contributed by atoms with Crippen LogP contribution < -0.4 is 21.3 Å². The molecule has 1 saturated heterocycles. The first kappa shape index (κ1) is 18.3. The van der Waals surface area contributed by atoms with Crippen LogP contribution in [0.1, 0.15) is 5.69 Å². The first-order valence-electron chi connectivity index (χ1n) is 9.83. The normalized spacial score (nSPS) is 14.2. The van der Waals surface area contributed by atoms with E-state index >= 15 is 0 Å². The van der Waals surface area contributed by atoms with Gasteiger partial charge in [-0.05, 0) is 23.8 Å². The number of nitrogens with two attached hydrogens (primary N) is 1. The zero-order valence-electron chi connectivity index (χ0n) is 16.3. The molecular weight excluding hydrogens is 380 g/mol. The summed E-state index contributed by atoms with van der Waals surface area (Å²) in [4.78, 5) is 27.4. The Labute approximate surface area is 173 Å². The average molecular weight is 402 g/mol. The second-order valence-corrected chi connectivity index (χ2v) is 7.06. The molecule has 10 heteroatoms. The van der Waals surface area contributed by atoms with Crippen molar-refractivity contribution in [3.8, 4) is 11.1 Å². The molecule has 1 fully saturated rings. The van der Waals surface area contributed by atoms with Gasteiger partial charge in [-0.25, -0.2) is 24.9 Å². The number of aromatic nitrogens is 6. The molecule has 0 amide bonds. The van der Waals surface area contributed by atoms with Gasteiger partial charge < -0.3 is 26.3 Å². The van der Waals surface area contributed by atoms with E-state index in [1.54, 1.807) is 12.4 Å². The zero-order valence-corrected chi connectivity index (χ0v) is 16.3. The Bertz CT molecular complexity index is 1170. The molecule has 0 spiro atoms. The van der Waals surface area contributed by atoms with Crippen molar-refractivity contribution in [2.75, 3.05) is 42.1 Å². The number of nitrogen functional groups attached to an aromatic ring is 1. The van der Waals surface area contributed by atoms with Gasteiger partial charge in [0.15, 0.2) is 0 Å². The molecule has 0 unspecified atom stereocenters. The van der Waals surface area contributed by atoms with E-state index in [-0.39, 0.29) is 0 Å². The lowest BCUT2D eigenvalue weighted by Gasteiger charge is -2.27. The smallest absolute Gasteiger partial charge is 0.225 e. The van der Waals surface area contributed by atoms with E-state index in [9.17, 15) is 0 Å². The van der Waals surface area contributed by atoms with Gasteiger partial charge in [-0.15, -0.1) is 0 Å². The summed E-state index contributed by atoms with van der Waals surface area (Å²) in [6.45, 7) is 4.23. The number of hydrogen-bond donors (Lipinski definition) is 4. The molecule has 30 heavy (non-hydrogen) atoms. The Balaban J connectivity index is 1.42. The van der Waals surface area contributed by atoms with Crippen molar-refractivity contribution in [1.29, 1.82) is 0 Å². The lowest BCUT2D eigenvalue weighted by Crippen LogP contribution is -2.44. The third-order valence-corrected chi connectivity index (χ3v) is 5.10. The number of anilines is 3. The predicted octanol–water partition coefficient (Wildman–Crippen LogP) is 1.41. The van der Waals surface area contributed by atoms with E-state index in [4.69, 9.17) is 10.7 Å². The number of hydrogen-bond acceptors (Lipinski definition) is 9. The van der Waals surface area contributed by atoms with Crippen LogP contribution >= 0.6 is 0 Å². The number of pyridine rings is 1. The largest absolute Gasteiger partial charge is 0.384 e. The summed E-state index contributed by atoms with van der Waals surface area (Å²) in [7, 11) is 0. The first-order chi connectivity index (χ1) is 14.8. The summed E-state index contributed by atoms with van der Waals surface area (Å²) in [6.07, 6.45) is 6.95. The van der Waals surface area contributed by atoms with Crippen LogP contribution in [-0.4, -0.2) is 56.1 Å². The predicted molar refractivity (Wildman–Crippen MR) is 116 cm³/mol. The molecular formula is C20H22N10. The maximum Gasteiger partial charge on any atom is 0.225 e. The number of rotatable bonds is 5. The molecule has 0 atom stereocenters. The summed E-state index contributed by atoms with van der Waals surface area (Å²) in [6, 6.07) is 5.67. The lowest BCUT2D eigenvalue weighted by molar-refractivity contribution is 0.579. The summed E-state index contributed by atoms with van der Waals surface area (Å²) in [5.74, 6) is 1.96. The molecule has 1 aliphatic heterocycles. The third-order valence-electron chi connectivity index (χ3n) is 5.10. The molecule has 1 aliphatic rings. The molecule has 4 aromatic rings. The summed E-state index contributed by atoms with van der Waals surface area (Å²) in [5, 5.41) is 7.65. The zero-order chi connectivity index (χ0) is 20.3. The number of H-pyrrole nitrogens is 1. The maximum absolute atomic E-state index is 5.87. The number of aromatic amines is 1. The minimum absolute atomic E-state index is 0.467. The van der Waals surface area contributed by atoms with Gasteiger partial charge in [0.1, 0.15) is 23.6 Å². The van der Waals surface area contributed by atoms with Gasteiger partial charge in [-0.3, -0.25) is 0 Å². The van der Waals surface area contributed by atoms with E-state index in [1.165, 1.54) is 6.33 Å². The number of nitrogens with one attached hydrogen (secondary N) is 3. The summed E-state index contributed by atoms with van der Waals surface area (Å²) < 4.78 is 0. The molecule has 0 aromatic carbocycles. The van der Waals surface area contributed by atoms with E-state index in [2.05, 4.69) is 40.5 Å². The first-order valence-corrected chi connectivity index (χ1v) is 9.83. The Morgan fingerprint density at radius 1 is 1.07 bits per heavy atom. The van der Waals surface area contributed by atoms with Gasteiger partial charge >= 0.3 is 0 Å². The fraction of sp³-hybridized carbons (Fsp3) is 0.250. The maximum atomic E-state index is 5.87. The van der Waals surface area contributed by atoms with Crippen molar-refractivity contribution in [3.05, 3.63) is 48.8 Å². The van der Waals surface area contributed by atoms with Crippen molar-refractivity contribution >= 4 is 28.6 Å². The van der Waals surface area contributed by atoms with Gasteiger partial charge in [0.25, 0.3) is 0 Å². The van der Waals surface area contributed by atoms with Crippen LogP contribution in [0.3, 0.4) is 0 Å². The minimum atomic E-state index is 0.467. The van der Waals surface area contributed by atoms with Crippen molar-refractivity contribution < 1.29 is 0 Å². The Morgan fingerprint density at radius 2 is 1.93 bits per heavy atom. The molecule has 0 saturated carbocycles. The van der Waals surface area contributed by atoms with Gasteiger partial charge in [-0.2, -0.15) is 0 Å². The van der Waals surface area contributed by atoms with Crippen LogP contribution in [0.15, 0.2) is 43.1 Å². The van der Waals surface area contributed by atoms with Gasteiger partial charge in [0, 0.05) is 50.3 Å². The Kier molecular flexibility index (Phi) is 4.81. The van der Waals surface area contributed by atoms with Gasteiger partial charge in [0.2, 0.25) is 5.95 Å². The summed E-state index contributed by atoms with van der Waals surface area (Å²) in [5.41, 5.74) is 9.44. The number of fused-ring (bicyclic) bond motifs is 1. The van der Waals surface area contributed by atoms with Crippen LogP contribution in [0.5, 0.6) is 0 Å². The van der Waals surface area contributed by atoms with E-state index < -0.39 is 0 Å². The van der Waals surface area contributed by atoms with Crippen LogP contribution in [-0.2, 0) is 6.54 Å². The highest BCUT2D eigenvalue weighted by molar-refractivity contribution is 6.01. The molecule has 0 radical (unpaired) electrons. The Morgan fingerprint density at radius 3 is 2.80 bits per heavy atom. The van der Waals surface area contributed by atoms with Crippen LogP contribution in [0.25, 0.3) is 22.2 Å². The average Bonchev–Trinajstić information content (AvgIpc) is 3.23. The minimum Gasteiger partial charge on any atom is -0.384 e. The third kappa shape index (κ3) is 3.60. The van der Waals surface area contributed by atoms with Crippen molar-refractivity contribution in [2.24, 2.45) is 0 Å². The highest BCUT2D eigenvalue weighted by atomic mass is 15.3. The van der Waals surface area contributed by atoms with Crippen molar-refractivity contribution in [3.63, 3.8) is 0 Å². The van der Waals surface area contributed by atoms with Gasteiger partial charge in [0.05, 0.1) is 17.6 Å². The SMILES string of the molecule is Nc1cc(-c2c[nH]c3ncnc(NCc4ccnc(N5CCNCC5)n4)c23)ccn1. The monoisotopic (exact) mass is 402 g/mol. The second kappa shape index (κ2) is 7.91. The highest BCUT2D eigenvalue weighted by Gasteiger charge is 2.15. The molecule has 10 nitrogen and oxygen atoms in total. The van der Waals surface area contributed by atoms with E-state index in [0.29, 0.717) is 12.4 Å². The van der Waals surface area contributed by atoms with Crippen LogP contribution in [0.2, 0.25) is 0 Å². The molecule has 0 aliphatic carbocycles. The molecule has 152 valence electrons. The quantitative estimate of drug-likeness (QED) is 0.391. The molecule has 0 bridgehead atoms. The van der Waals surface area contributed by atoms with E-state index in [1.807, 2.05) is 24.4 Å². The summed E-state index contributed by atoms with van der Waals surface area (Å²) >= 11 is 0. The number of nitrogens with zero attached hydrogens (tertiary/aromatic N) is 6. The molecule has 5 heterocycles. The standard InChI is InChI=1S/C20H22N10/c21-16-9-13(1-3-23-16)15-11-26-19-17(15)18(27-12-28-19)25-10-14-2-4-24-20(29-14)30-7-5-22-6-8-30/h1-4,9,11-12,22H,5-8,10H2,(H2,21,23)(H2,25,26,27,28). The molecule has 5 N–H and O–H groups in total. The lowest BCUT2D eigenvalue weighted by atomic mass is 10.1.